The molecule has 0 bridgehead atoms. The van der Waals surface area contributed by atoms with Gasteiger partial charge in [0.05, 0.1) is 11.4 Å². The maximum Gasteiger partial charge on any atom is 0.240 e. The van der Waals surface area contributed by atoms with E-state index in [2.05, 4.69) is 9.98 Å². The van der Waals surface area contributed by atoms with Crippen LogP contribution in [0, 0.1) is 0 Å². The number of rotatable bonds is 3. The first-order valence-corrected chi connectivity index (χ1v) is 8.47. The van der Waals surface area contributed by atoms with Gasteiger partial charge in [0.2, 0.25) is 12.2 Å². The topological polar surface area (TPSA) is 58.9 Å². The van der Waals surface area contributed by atoms with E-state index in [0.717, 1.165) is 73.9 Å². The summed E-state index contributed by atoms with van der Waals surface area (Å²) in [7, 11) is 0. The molecule has 118 valence electrons. The van der Waals surface area contributed by atoms with Crippen LogP contribution in [-0.4, -0.2) is 12.2 Å². The Labute approximate surface area is 132 Å². The van der Waals surface area contributed by atoms with Crippen molar-refractivity contribution in [2.24, 2.45) is 9.98 Å². The van der Waals surface area contributed by atoms with E-state index in [-0.39, 0.29) is 0 Å². The fourth-order valence-electron chi connectivity index (χ4n) is 3.49. The van der Waals surface area contributed by atoms with Crippen LogP contribution in [0.25, 0.3) is 0 Å². The standard InChI is InChI=1S/C18H24N2O2/c21-13-19-17-11-7-3-1-5-9-15(17)16-10-6-2-4-8-12-18(16)20-14-22/h1-12H2/b17-15-,18-16-. The van der Waals surface area contributed by atoms with Crippen molar-refractivity contribution >= 4 is 12.2 Å². The Morgan fingerprint density at radius 3 is 1.27 bits per heavy atom. The summed E-state index contributed by atoms with van der Waals surface area (Å²) in [5.74, 6) is 0. The third-order valence-electron chi connectivity index (χ3n) is 4.60. The monoisotopic (exact) mass is 300 g/mol. The lowest BCUT2D eigenvalue weighted by atomic mass is 9.86. The number of isocyanates is 2. The molecule has 2 rings (SSSR count). The first-order valence-electron chi connectivity index (χ1n) is 8.47. The van der Waals surface area contributed by atoms with Gasteiger partial charge in [-0.25, -0.2) is 9.59 Å². The SMILES string of the molecule is O=C=N/C1=C(\C2=C(/N=C=O)CCCCCC2)CCCCCC1. The van der Waals surface area contributed by atoms with Crippen molar-refractivity contribution in [1.29, 1.82) is 0 Å². The summed E-state index contributed by atoms with van der Waals surface area (Å²) >= 11 is 0. The Bertz CT molecular complexity index is 497. The van der Waals surface area contributed by atoms with Gasteiger partial charge in [-0.2, -0.15) is 9.98 Å². The van der Waals surface area contributed by atoms with Crippen molar-refractivity contribution < 1.29 is 9.59 Å². The largest absolute Gasteiger partial charge is 0.240 e. The summed E-state index contributed by atoms with van der Waals surface area (Å²) in [6, 6.07) is 0. The van der Waals surface area contributed by atoms with Gasteiger partial charge in [-0.1, -0.05) is 25.7 Å². The van der Waals surface area contributed by atoms with Gasteiger partial charge in [0.25, 0.3) is 0 Å². The molecule has 2 aliphatic carbocycles. The fraction of sp³-hybridized carbons (Fsp3) is 0.667. The van der Waals surface area contributed by atoms with Gasteiger partial charge in [-0.05, 0) is 62.5 Å². The minimum absolute atomic E-state index is 0.826. The maximum atomic E-state index is 10.8. The van der Waals surface area contributed by atoms with E-state index in [1.54, 1.807) is 12.2 Å². The number of hydrogen-bond donors (Lipinski definition) is 0. The molecular formula is C18H24N2O2. The summed E-state index contributed by atoms with van der Waals surface area (Å²) in [5, 5.41) is 0. The molecule has 0 aromatic heterocycles. The van der Waals surface area contributed by atoms with Gasteiger partial charge in [-0.15, -0.1) is 0 Å². The summed E-state index contributed by atoms with van der Waals surface area (Å²) in [6.07, 6.45) is 16.0. The van der Waals surface area contributed by atoms with Gasteiger partial charge in [0, 0.05) is 0 Å². The highest BCUT2D eigenvalue weighted by molar-refractivity contribution is 5.47. The van der Waals surface area contributed by atoms with Crippen LogP contribution >= 0.6 is 0 Å². The van der Waals surface area contributed by atoms with Gasteiger partial charge in [-0.3, -0.25) is 0 Å². The van der Waals surface area contributed by atoms with Crippen LogP contribution in [0.3, 0.4) is 0 Å². The van der Waals surface area contributed by atoms with Gasteiger partial charge in [0.15, 0.2) is 0 Å². The average Bonchev–Trinajstić information content (AvgIpc) is 2.47. The molecule has 0 amide bonds. The highest BCUT2D eigenvalue weighted by atomic mass is 16.1. The van der Waals surface area contributed by atoms with E-state index in [1.807, 2.05) is 0 Å². The second kappa shape index (κ2) is 9.30. The Morgan fingerprint density at radius 1 is 0.545 bits per heavy atom. The second-order valence-corrected chi connectivity index (χ2v) is 6.09. The molecule has 0 N–H and O–H groups in total. The summed E-state index contributed by atoms with van der Waals surface area (Å²) < 4.78 is 0. The zero-order valence-electron chi connectivity index (χ0n) is 13.2. The molecule has 0 fully saturated rings. The van der Waals surface area contributed by atoms with Crippen molar-refractivity contribution in [3.8, 4) is 0 Å². The van der Waals surface area contributed by atoms with Crippen molar-refractivity contribution in [3.63, 3.8) is 0 Å². The molecule has 0 saturated heterocycles. The van der Waals surface area contributed by atoms with Gasteiger partial charge >= 0.3 is 0 Å². The van der Waals surface area contributed by atoms with Crippen LogP contribution in [0.5, 0.6) is 0 Å². The third-order valence-corrected chi connectivity index (χ3v) is 4.60. The number of aliphatic imine (C=N–C) groups is 2. The molecule has 0 aromatic rings. The molecule has 0 aromatic carbocycles. The van der Waals surface area contributed by atoms with Gasteiger partial charge < -0.3 is 0 Å². The van der Waals surface area contributed by atoms with E-state index >= 15 is 0 Å². The molecule has 0 heterocycles. The Morgan fingerprint density at radius 2 is 0.909 bits per heavy atom. The Balaban J connectivity index is 2.50. The number of allylic oxidation sites excluding steroid dienone is 4. The quantitative estimate of drug-likeness (QED) is 0.551. The van der Waals surface area contributed by atoms with Crippen LogP contribution in [-0.2, 0) is 9.59 Å². The highest BCUT2D eigenvalue weighted by Gasteiger charge is 2.19. The number of carbonyl (C=O) groups excluding carboxylic acids is 2. The van der Waals surface area contributed by atoms with Crippen LogP contribution < -0.4 is 0 Å². The van der Waals surface area contributed by atoms with Crippen molar-refractivity contribution in [3.05, 3.63) is 22.5 Å². The Kier molecular flexibility index (Phi) is 7.02. The Hall–Kier alpha value is -1.76. The molecule has 0 saturated carbocycles. The summed E-state index contributed by atoms with van der Waals surface area (Å²) in [5.41, 5.74) is 4.03. The predicted octanol–water partition coefficient (Wildman–Crippen LogP) is 4.87. The summed E-state index contributed by atoms with van der Waals surface area (Å²) in [6.45, 7) is 0. The molecule has 0 spiro atoms. The smallest absolute Gasteiger partial charge is 0.211 e. The molecule has 0 atom stereocenters. The molecule has 22 heavy (non-hydrogen) atoms. The normalized spacial score (nSPS) is 27.5. The molecule has 0 unspecified atom stereocenters. The van der Waals surface area contributed by atoms with Crippen molar-refractivity contribution in [2.75, 3.05) is 0 Å². The molecule has 0 aliphatic heterocycles. The van der Waals surface area contributed by atoms with E-state index < -0.39 is 0 Å². The lowest BCUT2D eigenvalue weighted by molar-refractivity contribution is 0.558. The maximum absolute atomic E-state index is 10.8. The molecule has 0 radical (unpaired) electrons. The lowest BCUT2D eigenvalue weighted by Gasteiger charge is -2.21. The molecule has 4 heteroatoms. The van der Waals surface area contributed by atoms with Crippen molar-refractivity contribution in [1.82, 2.24) is 0 Å². The number of nitrogens with zero attached hydrogens (tertiary/aromatic N) is 2. The first-order chi connectivity index (χ1) is 10.9. The lowest BCUT2D eigenvalue weighted by Crippen LogP contribution is -2.04. The second-order valence-electron chi connectivity index (χ2n) is 6.09. The number of hydrogen-bond acceptors (Lipinski definition) is 4. The van der Waals surface area contributed by atoms with Crippen LogP contribution in [0.1, 0.15) is 77.0 Å². The molecular weight excluding hydrogens is 276 g/mol. The first kappa shape index (κ1) is 16.6. The summed E-state index contributed by atoms with van der Waals surface area (Å²) in [4.78, 5) is 29.6. The minimum atomic E-state index is 0.826. The van der Waals surface area contributed by atoms with Gasteiger partial charge in [0.1, 0.15) is 0 Å². The zero-order chi connectivity index (χ0) is 15.6. The van der Waals surface area contributed by atoms with E-state index in [9.17, 15) is 9.59 Å². The van der Waals surface area contributed by atoms with Crippen LogP contribution in [0.2, 0.25) is 0 Å². The molecule has 4 nitrogen and oxygen atoms in total. The van der Waals surface area contributed by atoms with E-state index in [4.69, 9.17) is 0 Å². The fourth-order valence-corrected chi connectivity index (χ4v) is 3.49. The van der Waals surface area contributed by atoms with E-state index in [0.29, 0.717) is 0 Å². The minimum Gasteiger partial charge on any atom is -0.211 e. The average molecular weight is 300 g/mol. The zero-order valence-corrected chi connectivity index (χ0v) is 13.2. The molecule has 2 aliphatic rings. The van der Waals surface area contributed by atoms with Crippen LogP contribution in [0.15, 0.2) is 32.5 Å². The van der Waals surface area contributed by atoms with Crippen LogP contribution in [0.4, 0.5) is 0 Å². The highest BCUT2D eigenvalue weighted by Crippen LogP contribution is 2.35. The third kappa shape index (κ3) is 4.62. The van der Waals surface area contributed by atoms with E-state index in [1.165, 1.54) is 25.7 Å². The van der Waals surface area contributed by atoms with Crippen molar-refractivity contribution in [2.45, 2.75) is 77.0 Å². The predicted molar refractivity (Wildman–Crippen MR) is 85.7 cm³/mol.